The van der Waals surface area contributed by atoms with Crippen LogP contribution in [0.3, 0.4) is 0 Å². The van der Waals surface area contributed by atoms with Crippen molar-refractivity contribution < 1.29 is 5.21 Å². The van der Waals surface area contributed by atoms with E-state index in [0.717, 1.165) is 5.06 Å². The van der Waals surface area contributed by atoms with E-state index in [-0.39, 0.29) is 0 Å². The molecule has 0 radical (unpaired) electrons. The summed E-state index contributed by atoms with van der Waals surface area (Å²) in [7, 11) is 0. The van der Waals surface area contributed by atoms with Gasteiger partial charge in [-0.3, -0.25) is 10.3 Å². The SMILES string of the molecule is ON(c1ccccc1)c1c[nH]nn1. The van der Waals surface area contributed by atoms with E-state index < -0.39 is 0 Å². The normalized spacial score (nSPS) is 9.92. The zero-order valence-electron chi connectivity index (χ0n) is 6.75. The van der Waals surface area contributed by atoms with E-state index in [1.165, 1.54) is 6.20 Å². The molecule has 1 aromatic heterocycles. The molecule has 0 spiro atoms. The maximum absolute atomic E-state index is 9.59. The van der Waals surface area contributed by atoms with Crippen molar-refractivity contribution in [3.8, 4) is 0 Å². The summed E-state index contributed by atoms with van der Waals surface area (Å²) in [6.45, 7) is 0. The van der Waals surface area contributed by atoms with E-state index in [9.17, 15) is 5.21 Å². The molecule has 1 heterocycles. The summed E-state index contributed by atoms with van der Waals surface area (Å²) in [6, 6.07) is 9.08. The fourth-order valence-electron chi connectivity index (χ4n) is 1.00. The molecule has 0 amide bonds. The third-order valence-electron chi connectivity index (χ3n) is 1.62. The Morgan fingerprint density at radius 2 is 2.00 bits per heavy atom. The van der Waals surface area contributed by atoms with Crippen molar-refractivity contribution in [3.63, 3.8) is 0 Å². The Morgan fingerprint density at radius 1 is 1.23 bits per heavy atom. The molecule has 0 saturated heterocycles. The highest BCUT2D eigenvalue weighted by Gasteiger charge is 2.06. The van der Waals surface area contributed by atoms with Gasteiger partial charge in [0.05, 0.1) is 11.9 Å². The van der Waals surface area contributed by atoms with E-state index in [1.807, 2.05) is 18.2 Å². The molecule has 0 atom stereocenters. The van der Waals surface area contributed by atoms with Crippen LogP contribution in [0.15, 0.2) is 36.5 Å². The molecule has 0 unspecified atom stereocenters. The number of para-hydroxylation sites is 1. The van der Waals surface area contributed by atoms with Crippen LogP contribution in [0.4, 0.5) is 11.5 Å². The molecule has 13 heavy (non-hydrogen) atoms. The van der Waals surface area contributed by atoms with Gasteiger partial charge in [0.15, 0.2) is 5.82 Å². The maximum atomic E-state index is 9.59. The summed E-state index contributed by atoms with van der Waals surface area (Å²) < 4.78 is 0. The maximum Gasteiger partial charge on any atom is 0.199 e. The Morgan fingerprint density at radius 3 is 2.62 bits per heavy atom. The quantitative estimate of drug-likeness (QED) is 0.677. The predicted octanol–water partition coefficient (Wildman–Crippen LogP) is 1.33. The van der Waals surface area contributed by atoms with Gasteiger partial charge in [-0.1, -0.05) is 23.4 Å². The second-order valence-electron chi connectivity index (χ2n) is 2.48. The lowest BCUT2D eigenvalue weighted by Crippen LogP contribution is -2.10. The number of anilines is 2. The number of hydrogen-bond donors (Lipinski definition) is 2. The summed E-state index contributed by atoms with van der Waals surface area (Å²) >= 11 is 0. The van der Waals surface area contributed by atoms with Crippen molar-refractivity contribution in [2.45, 2.75) is 0 Å². The summed E-state index contributed by atoms with van der Waals surface area (Å²) in [5.74, 6) is 0.367. The van der Waals surface area contributed by atoms with E-state index in [4.69, 9.17) is 0 Å². The van der Waals surface area contributed by atoms with Crippen LogP contribution >= 0.6 is 0 Å². The molecule has 5 heteroatoms. The molecule has 2 aromatic rings. The first kappa shape index (κ1) is 7.75. The molecule has 2 rings (SSSR count). The Balaban J connectivity index is 2.29. The van der Waals surface area contributed by atoms with Crippen molar-refractivity contribution in [2.75, 3.05) is 5.06 Å². The Kier molecular flexibility index (Phi) is 1.93. The highest BCUT2D eigenvalue weighted by atomic mass is 16.5. The van der Waals surface area contributed by atoms with Crippen LogP contribution in [0, 0.1) is 0 Å². The second kappa shape index (κ2) is 3.24. The summed E-state index contributed by atoms with van der Waals surface area (Å²) in [6.07, 6.45) is 1.51. The first-order valence-corrected chi connectivity index (χ1v) is 3.78. The zero-order valence-corrected chi connectivity index (χ0v) is 6.75. The van der Waals surface area contributed by atoms with Crippen LogP contribution in [0.2, 0.25) is 0 Å². The van der Waals surface area contributed by atoms with E-state index in [0.29, 0.717) is 11.5 Å². The lowest BCUT2D eigenvalue weighted by Gasteiger charge is -2.11. The highest BCUT2D eigenvalue weighted by molar-refractivity contribution is 5.54. The summed E-state index contributed by atoms with van der Waals surface area (Å²) in [5.41, 5.74) is 0.649. The number of H-pyrrole nitrogens is 1. The molecule has 0 saturated carbocycles. The number of rotatable bonds is 2. The molecule has 5 nitrogen and oxygen atoms in total. The fourth-order valence-corrected chi connectivity index (χ4v) is 1.00. The first-order chi connectivity index (χ1) is 6.38. The van der Waals surface area contributed by atoms with Crippen LogP contribution in [0.25, 0.3) is 0 Å². The van der Waals surface area contributed by atoms with Gasteiger partial charge < -0.3 is 0 Å². The van der Waals surface area contributed by atoms with Gasteiger partial charge >= 0.3 is 0 Å². The van der Waals surface area contributed by atoms with Crippen LogP contribution in [-0.4, -0.2) is 20.6 Å². The fraction of sp³-hybridized carbons (Fsp3) is 0. The van der Waals surface area contributed by atoms with E-state index in [2.05, 4.69) is 15.4 Å². The minimum atomic E-state index is 0.367. The van der Waals surface area contributed by atoms with Crippen LogP contribution in [-0.2, 0) is 0 Å². The smallest absolute Gasteiger partial charge is 0.199 e. The first-order valence-electron chi connectivity index (χ1n) is 3.78. The van der Waals surface area contributed by atoms with Crippen molar-refractivity contribution >= 4 is 11.5 Å². The lowest BCUT2D eigenvalue weighted by atomic mass is 10.3. The van der Waals surface area contributed by atoms with Gasteiger partial charge in [-0.15, -0.1) is 5.10 Å². The molecule has 0 aliphatic carbocycles. The zero-order chi connectivity index (χ0) is 9.10. The molecule has 0 fully saturated rings. The second-order valence-corrected chi connectivity index (χ2v) is 2.48. The van der Waals surface area contributed by atoms with E-state index in [1.54, 1.807) is 12.1 Å². The molecule has 1 aromatic carbocycles. The Hall–Kier alpha value is -1.88. The number of aromatic nitrogens is 3. The van der Waals surface area contributed by atoms with Gasteiger partial charge in [-0.05, 0) is 12.1 Å². The van der Waals surface area contributed by atoms with E-state index >= 15 is 0 Å². The number of nitrogens with one attached hydrogen (secondary N) is 1. The molecule has 0 aliphatic rings. The van der Waals surface area contributed by atoms with Gasteiger partial charge in [0.2, 0.25) is 0 Å². The van der Waals surface area contributed by atoms with Gasteiger partial charge in [-0.25, -0.2) is 5.06 Å². The average Bonchev–Trinajstić information content (AvgIpc) is 2.71. The minimum absolute atomic E-state index is 0.367. The van der Waals surface area contributed by atoms with Gasteiger partial charge in [0, 0.05) is 0 Å². The topological polar surface area (TPSA) is 65.0 Å². The molecular formula is C8H8N4O. The third-order valence-corrected chi connectivity index (χ3v) is 1.62. The van der Waals surface area contributed by atoms with Crippen LogP contribution in [0.1, 0.15) is 0 Å². The highest BCUT2D eigenvalue weighted by Crippen LogP contribution is 2.18. The van der Waals surface area contributed by atoms with Gasteiger partial charge in [0.1, 0.15) is 0 Å². The van der Waals surface area contributed by atoms with Crippen molar-refractivity contribution in [3.05, 3.63) is 36.5 Å². The third kappa shape index (κ3) is 1.50. The number of aromatic amines is 1. The lowest BCUT2D eigenvalue weighted by molar-refractivity contribution is 0.297. The number of benzene rings is 1. The molecule has 2 N–H and O–H groups in total. The Labute approximate surface area is 74.6 Å². The average molecular weight is 176 g/mol. The molecule has 0 aliphatic heterocycles. The summed E-state index contributed by atoms with van der Waals surface area (Å²) in [5, 5.41) is 20.2. The van der Waals surface area contributed by atoms with Crippen molar-refractivity contribution in [2.24, 2.45) is 0 Å². The molecule has 66 valence electrons. The summed E-state index contributed by atoms with van der Waals surface area (Å²) in [4.78, 5) is 0. The van der Waals surface area contributed by atoms with Crippen molar-refractivity contribution in [1.29, 1.82) is 0 Å². The molecule has 0 bridgehead atoms. The van der Waals surface area contributed by atoms with Gasteiger partial charge in [0.25, 0.3) is 0 Å². The van der Waals surface area contributed by atoms with Crippen molar-refractivity contribution in [1.82, 2.24) is 15.4 Å². The van der Waals surface area contributed by atoms with Crippen LogP contribution < -0.4 is 5.06 Å². The van der Waals surface area contributed by atoms with Gasteiger partial charge in [-0.2, -0.15) is 0 Å². The number of nitrogens with zero attached hydrogens (tertiary/aromatic N) is 3. The monoisotopic (exact) mass is 176 g/mol. The number of hydrogen-bond acceptors (Lipinski definition) is 4. The predicted molar refractivity (Wildman–Crippen MR) is 46.8 cm³/mol. The minimum Gasteiger partial charge on any atom is -0.282 e. The standard InChI is InChI=1S/C8H8N4O/c13-12(8-6-9-11-10-8)7-4-2-1-3-5-7/h1-6,13H,(H,9,10,11). The molecular weight excluding hydrogens is 168 g/mol. The Bertz CT molecular complexity index is 359. The van der Waals surface area contributed by atoms with Crippen LogP contribution in [0.5, 0.6) is 0 Å². The largest absolute Gasteiger partial charge is 0.282 e.